The molecule has 1 aromatic carbocycles. The number of nitrogens with one attached hydrogen (secondary N) is 1. The monoisotopic (exact) mass is 310 g/mol. The molecule has 0 unspecified atom stereocenters. The van der Waals surface area contributed by atoms with E-state index in [1.54, 1.807) is 0 Å². The number of aromatic nitrogens is 1. The normalized spacial score (nSPS) is 10.3. The highest BCUT2D eigenvalue weighted by molar-refractivity contribution is 6.34. The lowest BCUT2D eigenvalue weighted by Crippen LogP contribution is -2.23. The number of carbonyl (C=O) groups is 1. The van der Waals surface area contributed by atoms with Crippen LogP contribution in [0.2, 0.25) is 10.3 Å². The first-order valence-corrected chi connectivity index (χ1v) is 6.64. The van der Waals surface area contributed by atoms with E-state index in [1.807, 2.05) is 24.3 Å². The van der Waals surface area contributed by atoms with E-state index >= 15 is 0 Å². The van der Waals surface area contributed by atoms with Crippen LogP contribution in [0, 0.1) is 0 Å². The smallest absolute Gasteiger partial charge is 0.254 e. The second-order valence-electron chi connectivity index (χ2n) is 4.13. The molecular weight excluding hydrogens is 299 g/mol. The molecule has 2 N–H and O–H groups in total. The van der Waals surface area contributed by atoms with E-state index in [0.717, 1.165) is 11.1 Å². The number of amides is 1. The van der Waals surface area contributed by atoms with Gasteiger partial charge in [-0.1, -0.05) is 47.5 Å². The third-order valence-corrected chi connectivity index (χ3v) is 3.19. The van der Waals surface area contributed by atoms with Crippen LogP contribution >= 0.6 is 23.2 Å². The number of nitrogens with zero attached hydrogens (tertiary/aromatic N) is 1. The minimum atomic E-state index is -0.325. The highest BCUT2D eigenvalue weighted by Crippen LogP contribution is 2.16. The molecule has 0 aliphatic carbocycles. The molecule has 0 radical (unpaired) electrons. The summed E-state index contributed by atoms with van der Waals surface area (Å²) in [7, 11) is 0. The maximum absolute atomic E-state index is 12.0. The molecule has 1 aromatic heterocycles. The molecule has 0 bridgehead atoms. The van der Waals surface area contributed by atoms with Gasteiger partial charge >= 0.3 is 0 Å². The molecule has 0 saturated heterocycles. The Morgan fingerprint density at radius 2 is 1.95 bits per heavy atom. The van der Waals surface area contributed by atoms with Crippen LogP contribution < -0.4 is 5.32 Å². The average molecular weight is 311 g/mol. The van der Waals surface area contributed by atoms with Crippen molar-refractivity contribution in [3.63, 3.8) is 0 Å². The van der Waals surface area contributed by atoms with Gasteiger partial charge in [0.2, 0.25) is 0 Å². The Bertz CT molecular complexity index is 632. The first kappa shape index (κ1) is 14.8. The van der Waals surface area contributed by atoms with Crippen LogP contribution in [0.4, 0.5) is 0 Å². The third-order valence-electron chi connectivity index (χ3n) is 2.69. The van der Waals surface area contributed by atoms with E-state index in [4.69, 9.17) is 28.3 Å². The summed E-state index contributed by atoms with van der Waals surface area (Å²) in [4.78, 5) is 15.8. The summed E-state index contributed by atoms with van der Waals surface area (Å²) in [5, 5.41) is 12.1. The number of carbonyl (C=O) groups excluding carboxylic acids is 1. The summed E-state index contributed by atoms with van der Waals surface area (Å²) in [5.74, 6) is -0.325. The number of hydrogen-bond acceptors (Lipinski definition) is 3. The molecule has 6 heteroatoms. The molecule has 104 valence electrons. The van der Waals surface area contributed by atoms with Gasteiger partial charge in [0.1, 0.15) is 10.3 Å². The van der Waals surface area contributed by atoms with Gasteiger partial charge < -0.3 is 10.4 Å². The van der Waals surface area contributed by atoms with E-state index in [1.165, 1.54) is 12.1 Å². The topological polar surface area (TPSA) is 62.2 Å². The number of benzene rings is 1. The number of rotatable bonds is 4. The van der Waals surface area contributed by atoms with E-state index in [9.17, 15) is 4.79 Å². The van der Waals surface area contributed by atoms with Gasteiger partial charge in [0.15, 0.2) is 0 Å². The molecule has 0 aliphatic heterocycles. The minimum Gasteiger partial charge on any atom is -0.392 e. The summed E-state index contributed by atoms with van der Waals surface area (Å²) in [6, 6.07) is 10.4. The number of hydrogen-bond donors (Lipinski definition) is 2. The van der Waals surface area contributed by atoms with Crippen molar-refractivity contribution < 1.29 is 9.90 Å². The molecule has 2 aromatic rings. The zero-order valence-corrected chi connectivity index (χ0v) is 11.9. The number of pyridine rings is 1. The Hall–Kier alpha value is -1.62. The van der Waals surface area contributed by atoms with Crippen LogP contribution in [0.3, 0.4) is 0 Å². The Morgan fingerprint density at radius 3 is 2.65 bits per heavy atom. The van der Waals surface area contributed by atoms with E-state index in [0.29, 0.717) is 6.54 Å². The minimum absolute atomic E-state index is 0.0330. The molecule has 1 amide bonds. The van der Waals surface area contributed by atoms with Crippen molar-refractivity contribution in [1.82, 2.24) is 10.3 Å². The predicted molar refractivity (Wildman–Crippen MR) is 77.8 cm³/mol. The molecule has 0 atom stereocenters. The molecular formula is C14H12Cl2N2O2. The fourth-order valence-electron chi connectivity index (χ4n) is 1.70. The Morgan fingerprint density at radius 1 is 1.20 bits per heavy atom. The second kappa shape index (κ2) is 6.70. The number of halogens is 2. The fourth-order valence-corrected chi connectivity index (χ4v) is 2.13. The molecule has 0 aliphatic rings. The predicted octanol–water partition coefficient (Wildman–Crippen LogP) is 2.81. The van der Waals surface area contributed by atoms with Gasteiger partial charge in [0, 0.05) is 6.54 Å². The van der Waals surface area contributed by atoms with Crippen molar-refractivity contribution in [3.05, 3.63) is 63.4 Å². The lowest BCUT2D eigenvalue weighted by atomic mass is 10.1. The van der Waals surface area contributed by atoms with Gasteiger partial charge in [-0.3, -0.25) is 4.79 Å². The van der Waals surface area contributed by atoms with Crippen LogP contribution in [0.5, 0.6) is 0 Å². The van der Waals surface area contributed by atoms with E-state index < -0.39 is 0 Å². The Balaban J connectivity index is 2.04. The Kier molecular flexibility index (Phi) is 4.95. The van der Waals surface area contributed by atoms with Crippen molar-refractivity contribution in [3.8, 4) is 0 Å². The van der Waals surface area contributed by atoms with Crippen molar-refractivity contribution in [2.24, 2.45) is 0 Å². The second-order valence-corrected chi connectivity index (χ2v) is 4.88. The molecule has 0 saturated carbocycles. The van der Waals surface area contributed by atoms with Gasteiger partial charge in [-0.05, 0) is 23.3 Å². The van der Waals surface area contributed by atoms with Crippen LogP contribution in [0.15, 0.2) is 36.4 Å². The molecule has 4 nitrogen and oxygen atoms in total. The van der Waals surface area contributed by atoms with Crippen molar-refractivity contribution >= 4 is 29.1 Å². The van der Waals surface area contributed by atoms with Crippen LogP contribution in [-0.2, 0) is 13.2 Å². The number of aliphatic hydroxyl groups is 1. The Labute approximate surface area is 126 Å². The highest BCUT2D eigenvalue weighted by atomic mass is 35.5. The van der Waals surface area contributed by atoms with Gasteiger partial charge in [-0.25, -0.2) is 4.98 Å². The zero-order valence-electron chi connectivity index (χ0n) is 10.4. The van der Waals surface area contributed by atoms with Crippen molar-refractivity contribution in [1.29, 1.82) is 0 Å². The molecule has 1 heterocycles. The van der Waals surface area contributed by atoms with Gasteiger partial charge in [0.25, 0.3) is 5.91 Å². The van der Waals surface area contributed by atoms with Crippen LogP contribution in [0.1, 0.15) is 21.5 Å². The first-order valence-electron chi connectivity index (χ1n) is 5.89. The maximum Gasteiger partial charge on any atom is 0.254 e. The largest absolute Gasteiger partial charge is 0.392 e. The van der Waals surface area contributed by atoms with Crippen LogP contribution in [-0.4, -0.2) is 16.0 Å². The summed E-state index contributed by atoms with van der Waals surface area (Å²) in [6.45, 7) is 0.306. The SMILES string of the molecule is O=C(NCc1cccc(CO)c1)c1ccc(Cl)nc1Cl. The van der Waals surface area contributed by atoms with E-state index in [2.05, 4.69) is 10.3 Å². The van der Waals surface area contributed by atoms with E-state index in [-0.39, 0.29) is 28.4 Å². The molecule has 20 heavy (non-hydrogen) atoms. The quantitative estimate of drug-likeness (QED) is 0.854. The van der Waals surface area contributed by atoms with Crippen molar-refractivity contribution in [2.75, 3.05) is 0 Å². The van der Waals surface area contributed by atoms with Gasteiger partial charge in [-0.15, -0.1) is 0 Å². The summed E-state index contributed by atoms with van der Waals surface area (Å²) < 4.78 is 0. The zero-order chi connectivity index (χ0) is 14.5. The lowest BCUT2D eigenvalue weighted by molar-refractivity contribution is 0.0950. The van der Waals surface area contributed by atoms with Crippen molar-refractivity contribution in [2.45, 2.75) is 13.2 Å². The standard InChI is InChI=1S/C14H12Cl2N2O2/c15-12-5-4-11(13(16)18-12)14(20)17-7-9-2-1-3-10(6-9)8-19/h1-6,19H,7-8H2,(H,17,20). The molecule has 0 spiro atoms. The molecule has 2 rings (SSSR count). The fraction of sp³-hybridized carbons (Fsp3) is 0.143. The van der Waals surface area contributed by atoms with Crippen LogP contribution in [0.25, 0.3) is 0 Å². The molecule has 0 fully saturated rings. The number of aliphatic hydroxyl groups excluding tert-OH is 1. The average Bonchev–Trinajstić information content (AvgIpc) is 2.45. The summed E-state index contributed by atoms with van der Waals surface area (Å²) >= 11 is 11.5. The highest BCUT2D eigenvalue weighted by Gasteiger charge is 2.11. The third kappa shape index (κ3) is 3.70. The lowest BCUT2D eigenvalue weighted by Gasteiger charge is -2.07. The van der Waals surface area contributed by atoms with Gasteiger partial charge in [0.05, 0.1) is 12.2 Å². The maximum atomic E-state index is 12.0. The summed E-state index contributed by atoms with van der Waals surface area (Å²) in [6.07, 6.45) is 0. The summed E-state index contributed by atoms with van der Waals surface area (Å²) in [5.41, 5.74) is 1.96. The van der Waals surface area contributed by atoms with Gasteiger partial charge in [-0.2, -0.15) is 0 Å². The first-order chi connectivity index (χ1) is 9.60.